The van der Waals surface area contributed by atoms with E-state index >= 15 is 0 Å². The quantitative estimate of drug-likeness (QED) is 0.191. The number of hydrogen-bond donors (Lipinski definition) is 0. The molecule has 0 atom stereocenters. The summed E-state index contributed by atoms with van der Waals surface area (Å²) < 4.78 is 7.22. The summed E-state index contributed by atoms with van der Waals surface area (Å²) >= 11 is 0. The molecule has 10 rings (SSSR count). The van der Waals surface area contributed by atoms with Crippen molar-refractivity contribution in [1.82, 2.24) is 13.7 Å². The van der Waals surface area contributed by atoms with E-state index in [1.807, 2.05) is 0 Å². The molecule has 0 aliphatic heterocycles. The summed E-state index contributed by atoms with van der Waals surface area (Å²) in [7, 11) is 0. The second-order valence-corrected chi connectivity index (χ2v) is 12.2. The minimum atomic E-state index is 1.15. The Kier molecular flexibility index (Phi) is 5.57. The van der Waals surface area contributed by atoms with Crippen LogP contribution in [0.4, 0.5) is 0 Å². The number of rotatable bonds is 4. The molecule has 0 fully saturated rings. The lowest BCUT2D eigenvalue weighted by Crippen LogP contribution is -2.01. The summed E-state index contributed by atoms with van der Waals surface area (Å²) in [5.41, 5.74) is 11.9. The third-order valence-electron chi connectivity index (χ3n) is 9.62. The van der Waals surface area contributed by atoms with Crippen LogP contribution in [0.3, 0.4) is 0 Å². The van der Waals surface area contributed by atoms with Crippen molar-refractivity contribution in [2.45, 2.75) is 0 Å². The maximum absolute atomic E-state index is 2.43. The maximum Gasteiger partial charge on any atom is 0.131 e. The maximum atomic E-state index is 2.43. The Bertz CT molecular complexity index is 2760. The minimum absolute atomic E-state index is 1.15. The molecule has 0 aliphatic carbocycles. The lowest BCUT2D eigenvalue weighted by molar-refractivity contribution is 1.07. The first-order valence-corrected chi connectivity index (χ1v) is 16.1. The van der Waals surface area contributed by atoms with Crippen LogP contribution in [0.1, 0.15) is 0 Å². The molecule has 220 valence electrons. The predicted octanol–water partition coefficient (Wildman–Crippen LogP) is 11.5. The van der Waals surface area contributed by atoms with Crippen LogP contribution in [0.2, 0.25) is 0 Å². The van der Waals surface area contributed by atoms with Gasteiger partial charge in [-0.25, -0.2) is 0 Å². The smallest absolute Gasteiger partial charge is 0.131 e. The first-order valence-electron chi connectivity index (χ1n) is 16.1. The van der Waals surface area contributed by atoms with Crippen LogP contribution in [0.5, 0.6) is 0 Å². The molecular formula is C44H29N3. The molecule has 3 heterocycles. The molecule has 0 amide bonds. The molecule has 0 bridgehead atoms. The fourth-order valence-corrected chi connectivity index (χ4v) is 7.61. The van der Waals surface area contributed by atoms with E-state index in [9.17, 15) is 0 Å². The van der Waals surface area contributed by atoms with E-state index in [4.69, 9.17) is 0 Å². The summed E-state index contributed by atoms with van der Waals surface area (Å²) in [6.07, 6.45) is 0. The van der Waals surface area contributed by atoms with Gasteiger partial charge in [0, 0.05) is 44.0 Å². The van der Waals surface area contributed by atoms with Gasteiger partial charge in [-0.2, -0.15) is 0 Å². The molecule has 3 heteroatoms. The molecule has 0 spiro atoms. The van der Waals surface area contributed by atoms with Crippen molar-refractivity contribution in [2.75, 3.05) is 0 Å². The van der Waals surface area contributed by atoms with Crippen LogP contribution in [0, 0.1) is 0 Å². The molecule has 0 radical (unpaired) electrons. The molecule has 47 heavy (non-hydrogen) atoms. The zero-order chi connectivity index (χ0) is 30.9. The Morgan fingerprint density at radius 2 is 0.681 bits per heavy atom. The standard InChI is InChI=1S/C44H29N3/c1-4-14-32(15-5-1)45-39-22-12-10-20-35(39)37-28-30(24-26-41(37)45)31-25-27-42-38(29-31)43-36-21-11-13-23-40(36)46(33-16-6-2-7-17-33)44(43)47(42)34-18-8-3-9-19-34/h1-29H. The van der Waals surface area contributed by atoms with Gasteiger partial charge in [-0.3, -0.25) is 9.13 Å². The second kappa shape index (κ2) is 10.1. The molecule has 0 unspecified atom stereocenters. The highest BCUT2D eigenvalue weighted by Crippen LogP contribution is 2.42. The molecule has 7 aromatic carbocycles. The third kappa shape index (κ3) is 3.81. The summed E-state index contributed by atoms with van der Waals surface area (Å²) in [6.45, 7) is 0. The van der Waals surface area contributed by atoms with E-state index in [1.54, 1.807) is 0 Å². The SMILES string of the molecule is c1ccc(-n2c3ccccc3c3cc(-c4ccc5c(c4)c4c6ccccc6n(-c6ccccc6)c4n5-c4ccccc4)ccc32)cc1. The zero-order valence-corrected chi connectivity index (χ0v) is 25.6. The Balaban J connectivity index is 1.27. The van der Waals surface area contributed by atoms with Gasteiger partial charge in [0.15, 0.2) is 0 Å². The normalized spacial score (nSPS) is 11.8. The zero-order valence-electron chi connectivity index (χ0n) is 25.6. The average molecular weight is 600 g/mol. The van der Waals surface area contributed by atoms with E-state index in [0.717, 1.165) is 11.4 Å². The van der Waals surface area contributed by atoms with Gasteiger partial charge in [-0.15, -0.1) is 0 Å². The summed E-state index contributed by atoms with van der Waals surface area (Å²) in [5.74, 6) is 0. The van der Waals surface area contributed by atoms with Crippen molar-refractivity contribution < 1.29 is 0 Å². The molecule has 10 aromatic rings. The molecule has 3 nitrogen and oxygen atoms in total. The van der Waals surface area contributed by atoms with Crippen LogP contribution in [-0.2, 0) is 0 Å². The average Bonchev–Trinajstić information content (AvgIpc) is 3.77. The molecule has 0 saturated heterocycles. The van der Waals surface area contributed by atoms with Crippen molar-refractivity contribution in [3.05, 3.63) is 176 Å². The van der Waals surface area contributed by atoms with Crippen molar-refractivity contribution >= 4 is 54.6 Å². The van der Waals surface area contributed by atoms with Crippen LogP contribution >= 0.6 is 0 Å². The van der Waals surface area contributed by atoms with Crippen LogP contribution in [-0.4, -0.2) is 13.7 Å². The van der Waals surface area contributed by atoms with Gasteiger partial charge in [0.05, 0.1) is 22.1 Å². The summed E-state index contributed by atoms with van der Waals surface area (Å²) in [6, 6.07) is 63.6. The Morgan fingerprint density at radius 1 is 0.277 bits per heavy atom. The van der Waals surface area contributed by atoms with Gasteiger partial charge in [0.2, 0.25) is 0 Å². The van der Waals surface area contributed by atoms with Gasteiger partial charge in [-0.05, 0) is 83.9 Å². The van der Waals surface area contributed by atoms with E-state index in [1.165, 1.54) is 71.5 Å². The Labute approximate surface area is 271 Å². The molecular weight excluding hydrogens is 571 g/mol. The number of para-hydroxylation sites is 5. The van der Waals surface area contributed by atoms with E-state index in [-0.39, 0.29) is 0 Å². The van der Waals surface area contributed by atoms with Gasteiger partial charge in [-0.1, -0.05) is 103 Å². The lowest BCUT2D eigenvalue weighted by atomic mass is 10.0. The topological polar surface area (TPSA) is 14.8 Å². The highest BCUT2D eigenvalue weighted by Gasteiger charge is 2.22. The summed E-state index contributed by atoms with van der Waals surface area (Å²) in [4.78, 5) is 0. The van der Waals surface area contributed by atoms with E-state index in [2.05, 4.69) is 190 Å². The van der Waals surface area contributed by atoms with Gasteiger partial charge >= 0.3 is 0 Å². The minimum Gasteiger partial charge on any atom is -0.309 e. The summed E-state index contributed by atoms with van der Waals surface area (Å²) in [5, 5.41) is 6.29. The van der Waals surface area contributed by atoms with Gasteiger partial charge in [0.1, 0.15) is 5.65 Å². The van der Waals surface area contributed by atoms with Crippen LogP contribution in [0.15, 0.2) is 176 Å². The van der Waals surface area contributed by atoms with Crippen LogP contribution < -0.4 is 0 Å². The van der Waals surface area contributed by atoms with Gasteiger partial charge < -0.3 is 4.57 Å². The molecule has 3 aromatic heterocycles. The van der Waals surface area contributed by atoms with Crippen molar-refractivity contribution in [2.24, 2.45) is 0 Å². The Hall–Kier alpha value is -6.32. The fourth-order valence-electron chi connectivity index (χ4n) is 7.61. The predicted molar refractivity (Wildman–Crippen MR) is 197 cm³/mol. The number of hydrogen-bond acceptors (Lipinski definition) is 0. The monoisotopic (exact) mass is 599 g/mol. The molecule has 0 saturated carbocycles. The fraction of sp³-hybridized carbons (Fsp3) is 0. The first-order chi connectivity index (χ1) is 23.3. The van der Waals surface area contributed by atoms with Gasteiger partial charge in [0.25, 0.3) is 0 Å². The largest absolute Gasteiger partial charge is 0.309 e. The molecule has 0 N–H and O–H groups in total. The first kappa shape index (κ1) is 26.0. The second-order valence-electron chi connectivity index (χ2n) is 12.2. The van der Waals surface area contributed by atoms with Crippen LogP contribution in [0.25, 0.3) is 82.8 Å². The van der Waals surface area contributed by atoms with Crippen molar-refractivity contribution in [3.63, 3.8) is 0 Å². The highest BCUT2D eigenvalue weighted by molar-refractivity contribution is 6.23. The third-order valence-corrected chi connectivity index (χ3v) is 9.62. The number of fused-ring (bicyclic) bond motifs is 8. The molecule has 0 aliphatic rings. The van der Waals surface area contributed by atoms with E-state index in [0.29, 0.717) is 0 Å². The lowest BCUT2D eigenvalue weighted by Gasteiger charge is -2.13. The number of nitrogens with zero attached hydrogens (tertiary/aromatic N) is 3. The Morgan fingerprint density at radius 3 is 1.26 bits per heavy atom. The number of aromatic nitrogens is 3. The van der Waals surface area contributed by atoms with Crippen molar-refractivity contribution in [1.29, 1.82) is 0 Å². The van der Waals surface area contributed by atoms with E-state index < -0.39 is 0 Å². The highest BCUT2D eigenvalue weighted by atomic mass is 15.1. The van der Waals surface area contributed by atoms with Crippen molar-refractivity contribution in [3.8, 4) is 28.2 Å². The number of benzene rings is 7.